The van der Waals surface area contributed by atoms with E-state index >= 15 is 0 Å². The summed E-state index contributed by atoms with van der Waals surface area (Å²) >= 11 is 1.60. The summed E-state index contributed by atoms with van der Waals surface area (Å²) in [6.45, 7) is 0.856. The Labute approximate surface area is 137 Å². The summed E-state index contributed by atoms with van der Waals surface area (Å²) in [4.78, 5) is 23.2. The number of para-hydroxylation sites is 1. The smallest absolute Gasteiger partial charge is 0.320 e. The number of hydrogen-bond acceptors (Lipinski definition) is 3. The second kappa shape index (κ2) is 5.89. The molecule has 0 bridgehead atoms. The van der Waals surface area contributed by atoms with Gasteiger partial charge in [-0.05, 0) is 30.3 Å². The Kier molecular flexibility index (Phi) is 3.59. The average Bonchev–Trinajstić information content (AvgIpc) is 3.22. The third-order valence-electron chi connectivity index (χ3n) is 3.70. The number of benzene rings is 1. The molecular formula is C17H14N4OS. The number of amides is 1. The molecule has 1 fully saturated rings. The van der Waals surface area contributed by atoms with E-state index in [1.165, 1.54) is 4.57 Å². The maximum Gasteiger partial charge on any atom is 0.354 e. The van der Waals surface area contributed by atoms with E-state index in [9.17, 15) is 4.79 Å². The van der Waals surface area contributed by atoms with Gasteiger partial charge in [-0.2, -0.15) is 4.99 Å². The summed E-state index contributed by atoms with van der Waals surface area (Å²) in [5, 5.41) is 0.743. The van der Waals surface area contributed by atoms with Crippen molar-refractivity contribution in [3.8, 4) is 0 Å². The Morgan fingerprint density at radius 2 is 2.00 bits per heavy atom. The molecule has 1 aromatic carbocycles. The van der Waals surface area contributed by atoms with E-state index in [-0.39, 0.29) is 6.03 Å². The minimum atomic E-state index is -0.293. The monoisotopic (exact) mass is 322 g/mol. The van der Waals surface area contributed by atoms with E-state index in [0.29, 0.717) is 0 Å². The second-order valence-electron chi connectivity index (χ2n) is 5.11. The number of rotatable bonds is 1. The van der Waals surface area contributed by atoms with Crippen LogP contribution >= 0.6 is 11.8 Å². The minimum Gasteiger partial charge on any atom is -0.320 e. The molecule has 0 spiro atoms. The van der Waals surface area contributed by atoms with Crippen molar-refractivity contribution in [3.05, 3.63) is 60.9 Å². The molecule has 0 saturated carbocycles. The molecule has 2 aromatic heterocycles. The van der Waals surface area contributed by atoms with Gasteiger partial charge in [-0.15, -0.1) is 0 Å². The van der Waals surface area contributed by atoms with Crippen molar-refractivity contribution in [2.24, 2.45) is 4.99 Å². The zero-order valence-electron chi connectivity index (χ0n) is 12.3. The van der Waals surface area contributed by atoms with E-state index < -0.39 is 0 Å². The third kappa shape index (κ3) is 2.61. The Morgan fingerprint density at radius 1 is 1.13 bits per heavy atom. The fraction of sp³-hybridized carbons (Fsp3) is 0.118. The first-order valence-corrected chi connectivity index (χ1v) is 8.32. The number of pyridine rings is 1. The van der Waals surface area contributed by atoms with Crippen molar-refractivity contribution in [2.45, 2.75) is 0 Å². The number of thioether (sulfide) groups is 1. The lowest BCUT2D eigenvalue weighted by molar-refractivity contribution is 0.251. The van der Waals surface area contributed by atoms with E-state index in [0.717, 1.165) is 34.2 Å². The molecule has 0 unspecified atom stereocenters. The third-order valence-corrected chi connectivity index (χ3v) is 4.66. The summed E-state index contributed by atoms with van der Waals surface area (Å²) in [5.74, 6) is 0.926. The molecule has 1 aliphatic heterocycles. The van der Waals surface area contributed by atoms with Crippen LogP contribution in [0.25, 0.3) is 11.0 Å². The molecule has 23 heavy (non-hydrogen) atoms. The summed E-state index contributed by atoms with van der Waals surface area (Å²) in [5.41, 5.74) is 2.62. The highest BCUT2D eigenvalue weighted by Crippen LogP contribution is 2.25. The van der Waals surface area contributed by atoms with Crippen molar-refractivity contribution in [3.63, 3.8) is 0 Å². The fourth-order valence-electron chi connectivity index (χ4n) is 2.61. The van der Waals surface area contributed by atoms with Gasteiger partial charge in [0.05, 0.1) is 11.0 Å². The zero-order chi connectivity index (χ0) is 15.6. The molecule has 1 aliphatic rings. The minimum absolute atomic E-state index is 0.293. The maximum absolute atomic E-state index is 12.6. The Morgan fingerprint density at radius 3 is 2.87 bits per heavy atom. The van der Waals surface area contributed by atoms with Gasteiger partial charge in [-0.1, -0.05) is 30.0 Å². The number of nitrogens with zero attached hydrogens (tertiary/aromatic N) is 4. The van der Waals surface area contributed by atoms with E-state index in [1.54, 1.807) is 24.2 Å². The first-order chi connectivity index (χ1) is 11.3. The molecule has 0 radical (unpaired) electrons. The van der Waals surface area contributed by atoms with E-state index in [2.05, 4.69) is 14.9 Å². The predicted molar refractivity (Wildman–Crippen MR) is 94.2 cm³/mol. The Hall–Kier alpha value is -2.60. The van der Waals surface area contributed by atoms with Crippen LogP contribution in [0.2, 0.25) is 0 Å². The summed E-state index contributed by atoms with van der Waals surface area (Å²) < 4.78 is 1.54. The van der Waals surface area contributed by atoms with Crippen molar-refractivity contribution in [1.82, 2.24) is 9.55 Å². The molecule has 3 heterocycles. The van der Waals surface area contributed by atoms with Crippen LogP contribution in [-0.4, -0.2) is 33.0 Å². The van der Waals surface area contributed by atoms with Crippen molar-refractivity contribution in [1.29, 1.82) is 0 Å². The highest BCUT2D eigenvalue weighted by atomic mass is 32.2. The van der Waals surface area contributed by atoms with E-state index in [1.807, 2.05) is 48.5 Å². The first kappa shape index (κ1) is 14.0. The van der Waals surface area contributed by atoms with Crippen molar-refractivity contribution < 1.29 is 4.79 Å². The second-order valence-corrected chi connectivity index (χ2v) is 6.17. The lowest BCUT2D eigenvalue weighted by atomic mass is 10.3. The van der Waals surface area contributed by atoms with Crippen LogP contribution in [0.1, 0.15) is 0 Å². The summed E-state index contributed by atoms with van der Waals surface area (Å²) in [7, 11) is 0. The Bertz CT molecular complexity index is 888. The van der Waals surface area contributed by atoms with Gasteiger partial charge >= 0.3 is 6.03 Å². The first-order valence-electron chi connectivity index (χ1n) is 7.33. The van der Waals surface area contributed by atoms with Gasteiger partial charge in [0.25, 0.3) is 0 Å². The number of hydrogen-bond donors (Lipinski definition) is 0. The highest BCUT2D eigenvalue weighted by Gasteiger charge is 2.22. The molecule has 0 atom stereocenters. The molecule has 0 N–H and O–H groups in total. The van der Waals surface area contributed by atoms with Crippen molar-refractivity contribution >= 4 is 39.7 Å². The van der Waals surface area contributed by atoms with Gasteiger partial charge in [-0.3, -0.25) is 9.55 Å². The van der Waals surface area contributed by atoms with Crippen LogP contribution in [0.5, 0.6) is 0 Å². The summed E-state index contributed by atoms with van der Waals surface area (Å²) in [6.07, 6.45) is 3.43. The topological polar surface area (TPSA) is 50.5 Å². The van der Waals surface area contributed by atoms with Crippen molar-refractivity contribution in [2.75, 3.05) is 17.2 Å². The lowest BCUT2D eigenvalue weighted by Gasteiger charge is -2.17. The molecule has 6 heteroatoms. The zero-order valence-corrected chi connectivity index (χ0v) is 13.1. The van der Waals surface area contributed by atoms with Crippen LogP contribution in [-0.2, 0) is 0 Å². The number of aromatic nitrogens is 2. The molecule has 0 aliphatic carbocycles. The Balaban J connectivity index is 1.67. The number of aliphatic imine (C=N–C) groups is 1. The van der Waals surface area contributed by atoms with Gasteiger partial charge in [0.2, 0.25) is 0 Å². The molecule has 4 rings (SSSR count). The fourth-order valence-corrected chi connectivity index (χ4v) is 3.56. The maximum atomic E-state index is 12.6. The quantitative estimate of drug-likeness (QED) is 0.687. The average molecular weight is 322 g/mol. The summed E-state index contributed by atoms with van der Waals surface area (Å²) in [6, 6.07) is 15.2. The lowest BCUT2D eigenvalue weighted by Crippen LogP contribution is -2.25. The number of amidine groups is 1. The van der Waals surface area contributed by atoms with Crippen LogP contribution in [0.15, 0.2) is 65.9 Å². The molecule has 5 nitrogen and oxygen atoms in total. The normalized spacial score (nSPS) is 16.3. The number of carbonyl (C=O) groups excluding carboxylic acids is 1. The largest absolute Gasteiger partial charge is 0.354 e. The van der Waals surface area contributed by atoms with Gasteiger partial charge in [0, 0.05) is 30.4 Å². The van der Waals surface area contributed by atoms with E-state index in [4.69, 9.17) is 0 Å². The molecule has 3 aromatic rings. The SMILES string of the molecule is O=C(N=C1SCCN1c1ccccc1)n1ccc2ncccc21. The van der Waals surface area contributed by atoms with Gasteiger partial charge in [0.15, 0.2) is 5.17 Å². The molecule has 1 amide bonds. The van der Waals surface area contributed by atoms with Gasteiger partial charge in [0.1, 0.15) is 0 Å². The standard InChI is InChI=1S/C17H14N4OS/c22-16(21-10-8-14-15(21)7-4-9-18-14)19-17-20(11-12-23-17)13-5-2-1-3-6-13/h1-10H,11-12H2. The van der Waals surface area contributed by atoms with Gasteiger partial charge in [-0.25, -0.2) is 4.79 Å². The van der Waals surface area contributed by atoms with Crippen LogP contribution in [0.3, 0.4) is 0 Å². The molecular weight excluding hydrogens is 308 g/mol. The van der Waals surface area contributed by atoms with Crippen LogP contribution in [0.4, 0.5) is 10.5 Å². The molecule has 1 saturated heterocycles. The van der Waals surface area contributed by atoms with Gasteiger partial charge < -0.3 is 4.90 Å². The number of anilines is 1. The number of fused-ring (bicyclic) bond motifs is 1. The van der Waals surface area contributed by atoms with Crippen LogP contribution in [0, 0.1) is 0 Å². The molecule has 114 valence electrons. The predicted octanol–water partition coefficient (Wildman–Crippen LogP) is 3.61. The highest BCUT2D eigenvalue weighted by molar-refractivity contribution is 8.14. The van der Waals surface area contributed by atoms with Crippen LogP contribution < -0.4 is 4.90 Å². The number of carbonyl (C=O) groups is 1.